The summed E-state index contributed by atoms with van der Waals surface area (Å²) in [5, 5.41) is 6.44. The van der Waals surface area contributed by atoms with Crippen LogP contribution < -0.4 is 16.4 Å². The van der Waals surface area contributed by atoms with Crippen LogP contribution in [0.1, 0.15) is 28.5 Å². The van der Waals surface area contributed by atoms with Crippen molar-refractivity contribution in [2.75, 3.05) is 6.54 Å². The second-order valence-corrected chi connectivity index (χ2v) is 6.12. The van der Waals surface area contributed by atoms with E-state index in [-0.39, 0.29) is 0 Å². The zero-order valence-electron chi connectivity index (χ0n) is 15.7. The number of carbonyl (C=O) groups excluding carboxylic acids is 1. The van der Waals surface area contributed by atoms with Gasteiger partial charge in [0, 0.05) is 17.7 Å². The first kappa shape index (κ1) is 19.2. The van der Waals surface area contributed by atoms with Crippen molar-refractivity contribution in [3.05, 3.63) is 77.7 Å². The number of rotatable bonds is 7. The number of aromatic nitrogens is 1. The number of hydrogen-bond acceptors (Lipinski definition) is 4. The number of benzene rings is 2. The van der Waals surface area contributed by atoms with Crippen LogP contribution >= 0.6 is 0 Å². The molecular weight excluding hydrogens is 354 g/mol. The minimum absolute atomic E-state index is 0.437. The summed E-state index contributed by atoms with van der Waals surface area (Å²) in [5.41, 5.74) is 8.45. The van der Waals surface area contributed by atoms with E-state index in [0.29, 0.717) is 30.5 Å². The van der Waals surface area contributed by atoms with Gasteiger partial charge in [-0.05, 0) is 36.8 Å². The molecule has 7 heteroatoms. The predicted octanol–water partition coefficient (Wildman–Crippen LogP) is 2.70. The zero-order chi connectivity index (χ0) is 19.8. The van der Waals surface area contributed by atoms with Gasteiger partial charge in [0.15, 0.2) is 5.96 Å². The lowest BCUT2D eigenvalue weighted by molar-refractivity contribution is 0.100. The molecule has 144 valence electrons. The molecule has 0 spiro atoms. The highest BCUT2D eigenvalue weighted by atomic mass is 16.3. The van der Waals surface area contributed by atoms with E-state index in [1.54, 1.807) is 18.4 Å². The summed E-state index contributed by atoms with van der Waals surface area (Å²) >= 11 is 0. The summed E-state index contributed by atoms with van der Waals surface area (Å²) in [6.07, 6.45) is 1.64. The molecule has 3 rings (SSSR count). The SMILES string of the molecule is CCNC(=NCc1ccc(C(N)=O)cc1)NCc1coc(-c2ccccc2)n1. The molecule has 0 saturated carbocycles. The largest absolute Gasteiger partial charge is 0.444 e. The van der Waals surface area contributed by atoms with Gasteiger partial charge in [-0.3, -0.25) is 4.79 Å². The Kier molecular flexibility index (Phi) is 6.41. The molecule has 0 fully saturated rings. The van der Waals surface area contributed by atoms with Gasteiger partial charge in [0.1, 0.15) is 6.26 Å². The standard InChI is InChI=1S/C21H23N5O2/c1-2-23-21(24-12-15-8-10-16(11-9-15)19(22)27)25-13-18-14-28-20(26-18)17-6-4-3-5-7-17/h3-11,14H,2,12-13H2,1H3,(H2,22,27)(H2,23,24,25). The Morgan fingerprint density at radius 2 is 1.86 bits per heavy atom. The van der Waals surface area contributed by atoms with Crippen molar-refractivity contribution in [2.24, 2.45) is 10.7 Å². The van der Waals surface area contributed by atoms with Gasteiger partial charge in [-0.1, -0.05) is 30.3 Å². The number of carbonyl (C=O) groups is 1. The number of nitrogens with zero attached hydrogens (tertiary/aromatic N) is 2. The van der Waals surface area contributed by atoms with Crippen molar-refractivity contribution in [3.8, 4) is 11.5 Å². The first-order valence-corrected chi connectivity index (χ1v) is 9.06. The van der Waals surface area contributed by atoms with Gasteiger partial charge in [0.2, 0.25) is 11.8 Å². The molecule has 4 N–H and O–H groups in total. The third-order valence-electron chi connectivity index (χ3n) is 4.01. The van der Waals surface area contributed by atoms with E-state index < -0.39 is 5.91 Å². The Morgan fingerprint density at radius 1 is 1.11 bits per heavy atom. The number of amides is 1. The molecule has 28 heavy (non-hydrogen) atoms. The minimum atomic E-state index is -0.437. The van der Waals surface area contributed by atoms with Gasteiger partial charge >= 0.3 is 0 Å². The van der Waals surface area contributed by atoms with Crippen LogP contribution in [0.4, 0.5) is 0 Å². The Labute approximate surface area is 163 Å². The maximum atomic E-state index is 11.1. The molecule has 1 amide bonds. The molecular formula is C21H23N5O2. The van der Waals surface area contributed by atoms with E-state index in [1.807, 2.05) is 49.4 Å². The van der Waals surface area contributed by atoms with E-state index in [1.165, 1.54) is 0 Å². The summed E-state index contributed by atoms with van der Waals surface area (Å²) in [6, 6.07) is 16.9. The van der Waals surface area contributed by atoms with Gasteiger partial charge in [-0.15, -0.1) is 0 Å². The summed E-state index contributed by atoms with van der Waals surface area (Å²) in [7, 11) is 0. The molecule has 0 saturated heterocycles. The van der Waals surface area contributed by atoms with E-state index >= 15 is 0 Å². The fourth-order valence-electron chi connectivity index (χ4n) is 2.56. The highest BCUT2D eigenvalue weighted by Gasteiger charge is 2.07. The Morgan fingerprint density at radius 3 is 2.54 bits per heavy atom. The number of nitrogens with one attached hydrogen (secondary N) is 2. The lowest BCUT2D eigenvalue weighted by atomic mass is 10.1. The summed E-state index contributed by atoms with van der Waals surface area (Å²) in [5.74, 6) is 0.826. The molecule has 1 heterocycles. The molecule has 0 atom stereocenters. The van der Waals surface area contributed by atoms with E-state index in [4.69, 9.17) is 10.2 Å². The van der Waals surface area contributed by atoms with Crippen LogP contribution in [0.5, 0.6) is 0 Å². The quantitative estimate of drug-likeness (QED) is 0.434. The van der Waals surface area contributed by atoms with Crippen LogP contribution in [-0.2, 0) is 13.1 Å². The number of primary amides is 1. The number of nitrogens with two attached hydrogens (primary N) is 1. The van der Waals surface area contributed by atoms with Crippen LogP contribution in [0.15, 0.2) is 70.3 Å². The lowest BCUT2D eigenvalue weighted by Crippen LogP contribution is -2.36. The Balaban J connectivity index is 1.60. The van der Waals surface area contributed by atoms with E-state index in [0.717, 1.165) is 23.4 Å². The second kappa shape index (κ2) is 9.36. The maximum Gasteiger partial charge on any atom is 0.248 e. The zero-order valence-corrected chi connectivity index (χ0v) is 15.7. The van der Waals surface area contributed by atoms with Crippen LogP contribution in [0.3, 0.4) is 0 Å². The molecule has 7 nitrogen and oxygen atoms in total. The van der Waals surface area contributed by atoms with Crippen molar-refractivity contribution < 1.29 is 9.21 Å². The third-order valence-corrected chi connectivity index (χ3v) is 4.01. The number of guanidine groups is 1. The third kappa shape index (κ3) is 5.20. The molecule has 0 radical (unpaired) electrons. The molecule has 0 unspecified atom stereocenters. The van der Waals surface area contributed by atoms with Gasteiger partial charge in [0.25, 0.3) is 0 Å². The molecule has 0 bridgehead atoms. The monoisotopic (exact) mass is 377 g/mol. The van der Waals surface area contributed by atoms with Crippen LogP contribution in [-0.4, -0.2) is 23.4 Å². The van der Waals surface area contributed by atoms with Gasteiger partial charge in [-0.25, -0.2) is 9.98 Å². The van der Waals surface area contributed by atoms with Crippen molar-refractivity contribution in [1.82, 2.24) is 15.6 Å². The maximum absolute atomic E-state index is 11.1. The molecule has 3 aromatic rings. The highest BCUT2D eigenvalue weighted by molar-refractivity contribution is 5.92. The van der Waals surface area contributed by atoms with Crippen molar-refractivity contribution in [3.63, 3.8) is 0 Å². The molecule has 1 aromatic heterocycles. The van der Waals surface area contributed by atoms with Gasteiger partial charge in [0.05, 0.1) is 18.8 Å². The second-order valence-electron chi connectivity index (χ2n) is 6.12. The average Bonchev–Trinajstić information content (AvgIpc) is 3.20. The van der Waals surface area contributed by atoms with Gasteiger partial charge in [-0.2, -0.15) is 0 Å². The molecule has 0 aliphatic carbocycles. The topological polar surface area (TPSA) is 106 Å². The normalized spacial score (nSPS) is 11.2. The van der Waals surface area contributed by atoms with E-state index in [2.05, 4.69) is 20.6 Å². The predicted molar refractivity (Wildman–Crippen MR) is 109 cm³/mol. The fraction of sp³-hybridized carbons (Fsp3) is 0.190. The Hall–Kier alpha value is -3.61. The fourth-order valence-corrected chi connectivity index (χ4v) is 2.56. The summed E-state index contributed by atoms with van der Waals surface area (Å²) in [6.45, 7) is 3.70. The average molecular weight is 377 g/mol. The number of oxazole rings is 1. The lowest BCUT2D eigenvalue weighted by Gasteiger charge is -2.10. The van der Waals surface area contributed by atoms with Gasteiger partial charge < -0.3 is 20.8 Å². The van der Waals surface area contributed by atoms with Crippen molar-refractivity contribution in [1.29, 1.82) is 0 Å². The number of hydrogen-bond donors (Lipinski definition) is 3. The number of aliphatic imine (C=N–C) groups is 1. The van der Waals surface area contributed by atoms with Crippen LogP contribution in [0.25, 0.3) is 11.5 Å². The summed E-state index contributed by atoms with van der Waals surface area (Å²) in [4.78, 5) is 20.2. The van der Waals surface area contributed by atoms with E-state index in [9.17, 15) is 4.79 Å². The van der Waals surface area contributed by atoms with Crippen LogP contribution in [0.2, 0.25) is 0 Å². The molecule has 0 aliphatic heterocycles. The first-order valence-electron chi connectivity index (χ1n) is 9.06. The highest BCUT2D eigenvalue weighted by Crippen LogP contribution is 2.17. The molecule has 2 aromatic carbocycles. The van der Waals surface area contributed by atoms with Crippen molar-refractivity contribution >= 4 is 11.9 Å². The minimum Gasteiger partial charge on any atom is -0.444 e. The first-order chi connectivity index (χ1) is 13.7. The Bertz CT molecular complexity index is 933. The van der Waals surface area contributed by atoms with Crippen molar-refractivity contribution in [2.45, 2.75) is 20.0 Å². The smallest absolute Gasteiger partial charge is 0.248 e. The summed E-state index contributed by atoms with van der Waals surface area (Å²) < 4.78 is 5.55. The molecule has 0 aliphatic rings. The van der Waals surface area contributed by atoms with Crippen LogP contribution in [0, 0.1) is 0 Å².